The third-order valence-corrected chi connectivity index (χ3v) is 7.90. The van der Waals surface area contributed by atoms with Crippen molar-refractivity contribution in [3.8, 4) is 5.75 Å². The number of fused-ring (bicyclic) bond motifs is 1. The molecule has 0 radical (unpaired) electrons. The number of carbonyl (C=O) groups excluding carboxylic acids is 1. The molecule has 0 bridgehead atoms. The Kier molecular flexibility index (Phi) is 6.82. The van der Waals surface area contributed by atoms with Crippen LogP contribution >= 0.6 is 11.6 Å². The lowest BCUT2D eigenvalue weighted by atomic mass is 9.78. The van der Waals surface area contributed by atoms with Crippen LogP contribution in [0, 0.1) is 11.7 Å². The van der Waals surface area contributed by atoms with Crippen LogP contribution in [0.15, 0.2) is 30.6 Å². The second kappa shape index (κ2) is 10.2. The number of likely N-dealkylation sites (tertiary alicyclic amines) is 1. The Hall–Kier alpha value is -3.44. The summed E-state index contributed by atoms with van der Waals surface area (Å²) in [6, 6.07) is 6.96. The highest BCUT2D eigenvalue weighted by Crippen LogP contribution is 2.42. The van der Waals surface area contributed by atoms with Gasteiger partial charge in [-0.2, -0.15) is 0 Å². The number of amides is 1. The fraction of sp³-hybridized carbons (Fsp3) is 0.500. The van der Waals surface area contributed by atoms with Gasteiger partial charge < -0.3 is 24.4 Å². The maximum absolute atomic E-state index is 15.2. The molecule has 3 saturated heterocycles. The van der Waals surface area contributed by atoms with Gasteiger partial charge in [0.25, 0.3) is 0 Å². The van der Waals surface area contributed by atoms with Crippen molar-refractivity contribution >= 4 is 46.1 Å². The molecule has 3 aliphatic heterocycles. The molecule has 0 unspecified atom stereocenters. The SMILES string of the molecule is CC(C)(C)OC(=O)N1CCC12CN(c1ccc3ncnc(Nc4ccc(OC[C@@H]5CCOC5)c(Cl)c4F)c3n1)C2. The highest BCUT2D eigenvalue weighted by Gasteiger charge is 2.56. The molecular formula is C28H32ClFN6O4. The molecule has 0 saturated carbocycles. The molecule has 212 valence electrons. The van der Waals surface area contributed by atoms with E-state index in [9.17, 15) is 4.79 Å². The van der Waals surface area contributed by atoms with Crippen LogP contribution in [0.5, 0.6) is 5.75 Å². The molecule has 12 heteroatoms. The molecule has 1 N–H and O–H groups in total. The molecule has 2 aromatic heterocycles. The molecule has 3 fully saturated rings. The largest absolute Gasteiger partial charge is 0.492 e. The number of ether oxygens (including phenoxy) is 3. The van der Waals surface area contributed by atoms with Crippen molar-refractivity contribution < 1.29 is 23.4 Å². The second-order valence-corrected chi connectivity index (χ2v) is 12.0. The topological polar surface area (TPSA) is 102 Å². The smallest absolute Gasteiger partial charge is 0.410 e. The lowest BCUT2D eigenvalue weighted by molar-refractivity contribution is -0.0562. The number of hydrogen-bond donors (Lipinski definition) is 1. The third-order valence-electron chi connectivity index (χ3n) is 7.55. The summed E-state index contributed by atoms with van der Waals surface area (Å²) in [4.78, 5) is 30.0. The number of pyridine rings is 1. The fourth-order valence-electron chi connectivity index (χ4n) is 5.28. The first kappa shape index (κ1) is 26.8. The summed E-state index contributed by atoms with van der Waals surface area (Å²) in [6.07, 6.45) is 2.95. The summed E-state index contributed by atoms with van der Waals surface area (Å²) in [5.41, 5.74) is 0.486. The van der Waals surface area contributed by atoms with Gasteiger partial charge in [-0.25, -0.2) is 24.1 Å². The number of aromatic nitrogens is 3. The Morgan fingerprint density at radius 3 is 2.77 bits per heavy atom. The van der Waals surface area contributed by atoms with Gasteiger partial charge in [0.05, 0.1) is 30.0 Å². The summed E-state index contributed by atoms with van der Waals surface area (Å²) in [5.74, 6) is 1.00. The molecule has 10 nitrogen and oxygen atoms in total. The van der Waals surface area contributed by atoms with Crippen LogP contribution in [-0.2, 0) is 9.47 Å². The molecule has 1 spiro atoms. The van der Waals surface area contributed by atoms with E-state index >= 15 is 4.39 Å². The molecule has 1 atom stereocenters. The molecule has 3 aliphatic rings. The van der Waals surface area contributed by atoms with Crippen LogP contribution in [0.1, 0.15) is 33.6 Å². The van der Waals surface area contributed by atoms with E-state index in [-0.39, 0.29) is 34.0 Å². The number of benzene rings is 1. The van der Waals surface area contributed by atoms with Gasteiger partial charge in [-0.05, 0) is 57.9 Å². The first-order valence-electron chi connectivity index (χ1n) is 13.4. The monoisotopic (exact) mass is 570 g/mol. The number of nitrogens with one attached hydrogen (secondary N) is 1. The highest BCUT2D eigenvalue weighted by atomic mass is 35.5. The van der Waals surface area contributed by atoms with Crippen LogP contribution in [-0.4, -0.2) is 76.5 Å². The van der Waals surface area contributed by atoms with E-state index in [0.29, 0.717) is 56.3 Å². The normalized spacial score (nSPS) is 19.9. The first-order chi connectivity index (χ1) is 19.1. The maximum atomic E-state index is 15.2. The van der Waals surface area contributed by atoms with Crippen molar-refractivity contribution in [1.82, 2.24) is 19.9 Å². The summed E-state index contributed by atoms with van der Waals surface area (Å²) in [7, 11) is 0. The van der Waals surface area contributed by atoms with Gasteiger partial charge in [0.1, 0.15) is 34.0 Å². The van der Waals surface area contributed by atoms with E-state index in [1.165, 1.54) is 6.33 Å². The zero-order valence-corrected chi connectivity index (χ0v) is 23.5. The summed E-state index contributed by atoms with van der Waals surface area (Å²) >= 11 is 6.31. The van der Waals surface area contributed by atoms with E-state index in [4.69, 9.17) is 30.8 Å². The van der Waals surface area contributed by atoms with Gasteiger partial charge in [0, 0.05) is 32.2 Å². The minimum absolute atomic E-state index is 0.100. The van der Waals surface area contributed by atoms with Gasteiger partial charge in [0.15, 0.2) is 11.6 Å². The quantitative estimate of drug-likeness (QED) is 0.429. The van der Waals surface area contributed by atoms with Crippen molar-refractivity contribution in [2.75, 3.05) is 49.7 Å². The van der Waals surface area contributed by atoms with Crippen LogP contribution < -0.4 is 15.0 Å². The van der Waals surface area contributed by atoms with Crippen molar-refractivity contribution in [3.63, 3.8) is 0 Å². The lowest BCUT2D eigenvalue weighted by Gasteiger charge is -2.62. The van der Waals surface area contributed by atoms with Gasteiger partial charge in [-0.3, -0.25) is 4.90 Å². The van der Waals surface area contributed by atoms with Crippen LogP contribution in [0.25, 0.3) is 11.0 Å². The lowest BCUT2D eigenvalue weighted by Crippen LogP contribution is -2.78. The Morgan fingerprint density at radius 1 is 1.25 bits per heavy atom. The van der Waals surface area contributed by atoms with Crippen molar-refractivity contribution in [2.24, 2.45) is 5.92 Å². The molecule has 40 heavy (non-hydrogen) atoms. The Balaban J connectivity index is 1.17. The maximum Gasteiger partial charge on any atom is 0.410 e. The molecule has 1 amide bonds. The Labute approximate surface area is 236 Å². The van der Waals surface area contributed by atoms with Crippen LogP contribution in [0.2, 0.25) is 5.02 Å². The highest BCUT2D eigenvalue weighted by molar-refractivity contribution is 6.32. The molecular weight excluding hydrogens is 539 g/mol. The standard InChI is InChI=1S/C28H32ClFN6O4/c1-27(2,3)40-26(37)36-10-9-28(36)14-35(15-28)21-7-5-19-24(34-21)25(32-16-31-19)33-18-4-6-20(22(29)23(18)30)39-13-17-8-11-38-12-17/h4-7,16-17H,8-15H2,1-3H3,(H,31,32,33)/t17-/m1/s1. The molecule has 1 aromatic carbocycles. The number of hydrogen-bond acceptors (Lipinski definition) is 9. The van der Waals surface area contributed by atoms with Crippen molar-refractivity contribution in [2.45, 2.75) is 44.8 Å². The zero-order chi connectivity index (χ0) is 28.1. The molecule has 0 aliphatic carbocycles. The Morgan fingerprint density at radius 2 is 2.08 bits per heavy atom. The molecule has 5 heterocycles. The predicted octanol–water partition coefficient (Wildman–Crippen LogP) is 5.18. The van der Waals surface area contributed by atoms with Gasteiger partial charge in [-0.15, -0.1) is 0 Å². The first-order valence-corrected chi connectivity index (χ1v) is 13.8. The second-order valence-electron chi connectivity index (χ2n) is 11.6. The van der Waals surface area contributed by atoms with E-state index in [2.05, 4.69) is 20.2 Å². The predicted molar refractivity (Wildman–Crippen MR) is 149 cm³/mol. The number of anilines is 3. The summed E-state index contributed by atoms with van der Waals surface area (Å²) in [6.45, 7) is 9.36. The van der Waals surface area contributed by atoms with Gasteiger partial charge in [0.2, 0.25) is 0 Å². The minimum Gasteiger partial charge on any atom is -0.492 e. The third kappa shape index (κ3) is 5.08. The summed E-state index contributed by atoms with van der Waals surface area (Å²) in [5, 5.41) is 2.93. The molecule has 3 aromatic rings. The van der Waals surface area contributed by atoms with Crippen LogP contribution in [0.4, 0.5) is 26.5 Å². The van der Waals surface area contributed by atoms with Gasteiger partial charge >= 0.3 is 6.09 Å². The number of nitrogens with zero attached hydrogens (tertiary/aromatic N) is 5. The van der Waals surface area contributed by atoms with Crippen molar-refractivity contribution in [1.29, 1.82) is 0 Å². The fourth-order valence-corrected chi connectivity index (χ4v) is 5.50. The minimum atomic E-state index is -0.637. The number of halogens is 2. The van der Waals surface area contributed by atoms with E-state index in [1.54, 1.807) is 12.1 Å². The molecule has 6 rings (SSSR count). The van der Waals surface area contributed by atoms with E-state index in [1.807, 2.05) is 37.8 Å². The van der Waals surface area contributed by atoms with Gasteiger partial charge in [-0.1, -0.05) is 11.6 Å². The number of rotatable bonds is 6. The van der Waals surface area contributed by atoms with Crippen LogP contribution in [0.3, 0.4) is 0 Å². The Bertz CT molecular complexity index is 1440. The van der Waals surface area contributed by atoms with E-state index in [0.717, 1.165) is 18.7 Å². The number of carbonyl (C=O) groups is 1. The summed E-state index contributed by atoms with van der Waals surface area (Å²) < 4.78 is 31.9. The average molecular weight is 571 g/mol. The van der Waals surface area contributed by atoms with E-state index < -0.39 is 11.4 Å². The zero-order valence-electron chi connectivity index (χ0n) is 22.7. The van der Waals surface area contributed by atoms with Crippen molar-refractivity contribution in [3.05, 3.63) is 41.4 Å². The average Bonchev–Trinajstić information content (AvgIpc) is 3.38.